The van der Waals surface area contributed by atoms with Gasteiger partial charge in [-0.2, -0.15) is 0 Å². The number of likely N-dealkylation sites (tertiary alicyclic amines) is 1. The third-order valence-electron chi connectivity index (χ3n) is 4.19. The van der Waals surface area contributed by atoms with Crippen LogP contribution in [-0.4, -0.2) is 56.7 Å². The number of guanidine groups is 1. The van der Waals surface area contributed by atoms with Gasteiger partial charge in [-0.05, 0) is 25.3 Å². The van der Waals surface area contributed by atoms with Crippen molar-refractivity contribution < 1.29 is 14.3 Å². The quantitative estimate of drug-likeness (QED) is 0.354. The number of piperidine rings is 1. The molecule has 0 radical (unpaired) electrons. The van der Waals surface area contributed by atoms with Crippen LogP contribution in [0.4, 0.5) is 0 Å². The highest BCUT2D eigenvalue weighted by molar-refractivity contribution is 5.81. The molecule has 6 nitrogen and oxygen atoms in total. The zero-order valence-corrected chi connectivity index (χ0v) is 15.2. The minimum Gasteiger partial charge on any atom is -0.466 e. The first-order valence-electron chi connectivity index (χ1n) is 8.98. The van der Waals surface area contributed by atoms with Crippen molar-refractivity contribution in [3.63, 3.8) is 0 Å². The van der Waals surface area contributed by atoms with Gasteiger partial charge in [0.15, 0.2) is 5.96 Å². The van der Waals surface area contributed by atoms with Crippen LogP contribution >= 0.6 is 0 Å². The molecule has 1 N–H and O–H groups in total. The van der Waals surface area contributed by atoms with Gasteiger partial charge >= 0.3 is 5.97 Å². The lowest BCUT2D eigenvalue weighted by molar-refractivity contribution is -0.149. The molecule has 25 heavy (non-hydrogen) atoms. The largest absolute Gasteiger partial charge is 0.466 e. The number of nitrogens with zero attached hydrogens (tertiary/aromatic N) is 2. The zero-order chi connectivity index (χ0) is 17.9. The second-order valence-corrected chi connectivity index (χ2v) is 6.05. The second kappa shape index (κ2) is 10.7. The molecular weight excluding hydrogens is 318 g/mol. The highest BCUT2D eigenvalue weighted by atomic mass is 16.5. The maximum atomic E-state index is 12.0. The van der Waals surface area contributed by atoms with Crippen molar-refractivity contribution in [3.8, 4) is 0 Å². The smallest absolute Gasteiger partial charge is 0.310 e. The number of benzene rings is 1. The minimum atomic E-state index is -0.103. The highest BCUT2D eigenvalue weighted by Gasteiger charge is 2.28. The Morgan fingerprint density at radius 1 is 1.36 bits per heavy atom. The lowest BCUT2D eigenvalue weighted by atomic mass is 9.98. The summed E-state index contributed by atoms with van der Waals surface area (Å²) < 4.78 is 10.8. The van der Waals surface area contributed by atoms with Gasteiger partial charge in [-0.1, -0.05) is 30.3 Å². The van der Waals surface area contributed by atoms with Crippen molar-refractivity contribution in [2.75, 3.05) is 39.9 Å². The van der Waals surface area contributed by atoms with E-state index in [1.165, 1.54) is 5.56 Å². The van der Waals surface area contributed by atoms with Gasteiger partial charge in [-0.25, -0.2) is 0 Å². The first kappa shape index (κ1) is 19.2. The van der Waals surface area contributed by atoms with Gasteiger partial charge in [0.1, 0.15) is 0 Å². The minimum absolute atomic E-state index is 0.0680. The molecule has 6 heteroatoms. The number of carbonyl (C=O) groups is 1. The molecule has 1 atom stereocenters. The first-order chi connectivity index (χ1) is 12.2. The van der Waals surface area contributed by atoms with Crippen LogP contribution < -0.4 is 5.32 Å². The van der Waals surface area contributed by atoms with Crippen molar-refractivity contribution >= 4 is 11.9 Å². The molecular formula is C19H29N3O3. The maximum Gasteiger partial charge on any atom is 0.310 e. The molecule has 0 spiro atoms. The van der Waals surface area contributed by atoms with Crippen LogP contribution in [0.15, 0.2) is 35.3 Å². The molecule has 138 valence electrons. The lowest BCUT2D eigenvalue weighted by Gasteiger charge is -2.33. The molecule has 1 aromatic rings. The summed E-state index contributed by atoms with van der Waals surface area (Å²) >= 11 is 0. The van der Waals surface area contributed by atoms with Gasteiger partial charge in [0, 0.05) is 26.7 Å². The van der Waals surface area contributed by atoms with E-state index in [9.17, 15) is 4.79 Å². The van der Waals surface area contributed by atoms with Crippen LogP contribution in [0.25, 0.3) is 0 Å². The van der Waals surface area contributed by atoms with Crippen LogP contribution in [0, 0.1) is 5.92 Å². The molecule has 1 aromatic carbocycles. The first-order valence-corrected chi connectivity index (χ1v) is 8.98. The zero-order valence-electron chi connectivity index (χ0n) is 15.2. The third kappa shape index (κ3) is 6.38. The monoisotopic (exact) mass is 347 g/mol. The fourth-order valence-electron chi connectivity index (χ4n) is 2.95. The molecule has 1 heterocycles. The van der Waals surface area contributed by atoms with Crippen molar-refractivity contribution in [1.82, 2.24) is 10.2 Å². The number of hydrogen-bond acceptors (Lipinski definition) is 4. The summed E-state index contributed by atoms with van der Waals surface area (Å²) in [4.78, 5) is 18.4. The van der Waals surface area contributed by atoms with Gasteiger partial charge in [-0.15, -0.1) is 0 Å². The maximum absolute atomic E-state index is 12.0. The molecule has 0 saturated carbocycles. The highest BCUT2D eigenvalue weighted by Crippen LogP contribution is 2.18. The number of ether oxygens (including phenoxy) is 2. The Morgan fingerprint density at radius 2 is 2.16 bits per heavy atom. The Kier molecular flexibility index (Phi) is 8.25. The molecule has 1 saturated heterocycles. The van der Waals surface area contributed by atoms with E-state index in [1.807, 2.05) is 25.1 Å². The van der Waals surface area contributed by atoms with E-state index in [0.29, 0.717) is 32.9 Å². The van der Waals surface area contributed by atoms with E-state index in [-0.39, 0.29) is 11.9 Å². The number of nitrogens with one attached hydrogen (secondary N) is 1. The summed E-state index contributed by atoms with van der Waals surface area (Å²) in [5.74, 6) is 0.646. The lowest BCUT2D eigenvalue weighted by Crippen LogP contribution is -2.48. The van der Waals surface area contributed by atoms with E-state index in [4.69, 9.17) is 9.47 Å². The molecule has 1 unspecified atom stereocenters. The van der Waals surface area contributed by atoms with Crippen molar-refractivity contribution in [2.24, 2.45) is 10.9 Å². The van der Waals surface area contributed by atoms with E-state index >= 15 is 0 Å². The van der Waals surface area contributed by atoms with E-state index in [0.717, 1.165) is 25.3 Å². The average Bonchev–Trinajstić information content (AvgIpc) is 2.66. The number of carbonyl (C=O) groups excluding carboxylic acids is 1. The molecule has 0 aromatic heterocycles. The Hall–Kier alpha value is -2.08. The predicted octanol–water partition coefficient (Wildman–Crippen LogP) is 2.05. The number of esters is 1. The summed E-state index contributed by atoms with van der Waals surface area (Å²) in [6, 6.07) is 10.1. The summed E-state index contributed by atoms with van der Waals surface area (Å²) in [5.41, 5.74) is 1.17. The van der Waals surface area contributed by atoms with Crippen LogP contribution in [0.1, 0.15) is 25.3 Å². The fraction of sp³-hybridized carbons (Fsp3) is 0.579. The van der Waals surface area contributed by atoms with Crippen LogP contribution in [0.2, 0.25) is 0 Å². The Labute approximate surface area is 150 Å². The molecule has 0 bridgehead atoms. The standard InChI is InChI=1S/C19H29N3O3/c1-3-25-18(23)17-10-7-12-22(14-17)19(20-2)21-11-13-24-15-16-8-5-4-6-9-16/h4-6,8-9,17H,3,7,10-15H2,1-2H3,(H,20,21). The summed E-state index contributed by atoms with van der Waals surface area (Å²) in [6.45, 7) is 5.72. The van der Waals surface area contributed by atoms with Gasteiger partial charge in [0.25, 0.3) is 0 Å². The van der Waals surface area contributed by atoms with Gasteiger partial charge in [0.05, 0.1) is 25.7 Å². The van der Waals surface area contributed by atoms with Crippen molar-refractivity contribution in [2.45, 2.75) is 26.4 Å². The summed E-state index contributed by atoms with van der Waals surface area (Å²) in [5, 5.41) is 3.32. The van der Waals surface area contributed by atoms with E-state index < -0.39 is 0 Å². The fourth-order valence-corrected chi connectivity index (χ4v) is 2.95. The van der Waals surface area contributed by atoms with Gasteiger partial charge in [0.2, 0.25) is 0 Å². The topological polar surface area (TPSA) is 63.2 Å². The van der Waals surface area contributed by atoms with E-state index in [2.05, 4.69) is 27.3 Å². The normalized spacial score (nSPS) is 18.1. The van der Waals surface area contributed by atoms with Gasteiger partial charge < -0.3 is 19.7 Å². The molecule has 0 amide bonds. The van der Waals surface area contributed by atoms with Crippen LogP contribution in [0.5, 0.6) is 0 Å². The third-order valence-corrected chi connectivity index (χ3v) is 4.19. The average molecular weight is 347 g/mol. The molecule has 1 aliphatic heterocycles. The Balaban J connectivity index is 1.71. The molecule has 1 fully saturated rings. The summed E-state index contributed by atoms with van der Waals surface area (Å²) in [7, 11) is 1.77. The number of rotatable bonds is 7. The van der Waals surface area contributed by atoms with Crippen molar-refractivity contribution in [3.05, 3.63) is 35.9 Å². The SMILES string of the molecule is CCOC(=O)C1CCCN(C(=NC)NCCOCc2ccccc2)C1. The Morgan fingerprint density at radius 3 is 2.88 bits per heavy atom. The van der Waals surface area contributed by atoms with Crippen LogP contribution in [-0.2, 0) is 20.9 Å². The molecule has 0 aliphatic carbocycles. The number of hydrogen-bond donors (Lipinski definition) is 1. The van der Waals surface area contributed by atoms with Gasteiger partial charge in [-0.3, -0.25) is 9.79 Å². The van der Waals surface area contributed by atoms with Crippen molar-refractivity contribution in [1.29, 1.82) is 0 Å². The second-order valence-electron chi connectivity index (χ2n) is 6.05. The molecule has 2 rings (SSSR count). The summed E-state index contributed by atoms with van der Waals surface area (Å²) in [6.07, 6.45) is 1.85. The number of aliphatic imine (C=N–C) groups is 1. The predicted molar refractivity (Wildman–Crippen MR) is 98.4 cm³/mol. The van der Waals surface area contributed by atoms with E-state index in [1.54, 1.807) is 7.05 Å². The Bertz CT molecular complexity index is 548. The van der Waals surface area contributed by atoms with Crippen LogP contribution in [0.3, 0.4) is 0 Å². The molecule has 1 aliphatic rings.